The molecule has 3 nitrogen and oxygen atoms in total. The molecular weight excluding hydrogens is 320 g/mol. The number of hydrogen-bond donors (Lipinski definition) is 1. The zero-order valence-corrected chi connectivity index (χ0v) is 15.5. The summed E-state index contributed by atoms with van der Waals surface area (Å²) >= 11 is 0. The van der Waals surface area contributed by atoms with Gasteiger partial charge < -0.3 is 10.1 Å². The first kappa shape index (κ1) is 17.1. The van der Waals surface area contributed by atoms with Crippen LogP contribution in [0.4, 0.5) is 0 Å². The molecule has 0 radical (unpaired) electrons. The molecule has 4 rings (SSSR count). The topological polar surface area (TPSA) is 24.5 Å². The second-order valence-electron chi connectivity index (χ2n) is 7.08. The van der Waals surface area contributed by atoms with Gasteiger partial charge in [-0.15, -0.1) is 0 Å². The summed E-state index contributed by atoms with van der Waals surface area (Å²) < 4.78 is 5.40. The SMILES string of the molecule is COc1cccc(CN2CCNC(C)C2c2cccc3ccccc23)c1. The molecular formula is C23H26N2O. The normalized spacial score (nSPS) is 21.0. The van der Waals surface area contributed by atoms with Crippen LogP contribution in [-0.4, -0.2) is 31.1 Å². The smallest absolute Gasteiger partial charge is 0.119 e. The molecule has 1 fully saturated rings. The fourth-order valence-corrected chi connectivity index (χ4v) is 4.16. The Morgan fingerprint density at radius 3 is 2.73 bits per heavy atom. The number of fused-ring (bicyclic) bond motifs is 1. The Labute approximate surface area is 155 Å². The number of nitrogens with one attached hydrogen (secondary N) is 1. The van der Waals surface area contributed by atoms with E-state index >= 15 is 0 Å². The molecule has 0 spiro atoms. The molecule has 2 atom stereocenters. The van der Waals surface area contributed by atoms with Crippen LogP contribution < -0.4 is 10.1 Å². The van der Waals surface area contributed by atoms with Crippen LogP contribution in [0, 0.1) is 0 Å². The van der Waals surface area contributed by atoms with Crippen LogP contribution in [0.3, 0.4) is 0 Å². The third kappa shape index (κ3) is 3.33. The summed E-state index contributed by atoms with van der Waals surface area (Å²) in [5.74, 6) is 0.924. The van der Waals surface area contributed by atoms with Crippen molar-refractivity contribution in [2.75, 3.05) is 20.2 Å². The molecule has 0 amide bonds. The molecule has 3 heteroatoms. The Morgan fingerprint density at radius 2 is 1.85 bits per heavy atom. The van der Waals surface area contributed by atoms with E-state index in [4.69, 9.17) is 4.74 Å². The minimum Gasteiger partial charge on any atom is -0.497 e. The van der Waals surface area contributed by atoms with Gasteiger partial charge in [0.1, 0.15) is 5.75 Å². The number of rotatable bonds is 4. The number of methoxy groups -OCH3 is 1. The molecule has 0 bridgehead atoms. The highest BCUT2D eigenvalue weighted by Crippen LogP contribution is 2.33. The van der Waals surface area contributed by atoms with Gasteiger partial charge in [0.2, 0.25) is 0 Å². The maximum Gasteiger partial charge on any atom is 0.119 e. The molecule has 1 aliphatic rings. The fourth-order valence-electron chi connectivity index (χ4n) is 4.16. The van der Waals surface area contributed by atoms with E-state index in [2.05, 4.69) is 77.8 Å². The van der Waals surface area contributed by atoms with Crippen LogP contribution in [-0.2, 0) is 6.54 Å². The highest BCUT2D eigenvalue weighted by Gasteiger charge is 2.30. The van der Waals surface area contributed by atoms with E-state index < -0.39 is 0 Å². The third-order valence-corrected chi connectivity index (χ3v) is 5.39. The molecule has 0 aliphatic carbocycles. The monoisotopic (exact) mass is 346 g/mol. The zero-order valence-electron chi connectivity index (χ0n) is 15.5. The molecule has 0 aromatic heterocycles. The van der Waals surface area contributed by atoms with Crippen LogP contribution >= 0.6 is 0 Å². The van der Waals surface area contributed by atoms with E-state index in [1.807, 2.05) is 6.07 Å². The summed E-state index contributed by atoms with van der Waals surface area (Å²) in [7, 11) is 1.73. The summed E-state index contributed by atoms with van der Waals surface area (Å²) in [6, 6.07) is 24.5. The highest BCUT2D eigenvalue weighted by molar-refractivity contribution is 5.86. The van der Waals surface area contributed by atoms with Crippen LogP contribution in [0.2, 0.25) is 0 Å². The lowest BCUT2D eigenvalue weighted by Gasteiger charge is -2.41. The number of piperazine rings is 1. The number of hydrogen-bond acceptors (Lipinski definition) is 3. The molecule has 134 valence electrons. The Bertz CT molecular complexity index is 887. The van der Waals surface area contributed by atoms with Gasteiger partial charge in [0.25, 0.3) is 0 Å². The van der Waals surface area contributed by atoms with E-state index in [1.165, 1.54) is 21.9 Å². The molecule has 3 aromatic carbocycles. The van der Waals surface area contributed by atoms with E-state index in [9.17, 15) is 0 Å². The Morgan fingerprint density at radius 1 is 1.04 bits per heavy atom. The summed E-state index contributed by atoms with van der Waals surface area (Å²) in [5.41, 5.74) is 2.70. The van der Waals surface area contributed by atoms with Crippen molar-refractivity contribution in [3.05, 3.63) is 77.9 Å². The van der Waals surface area contributed by atoms with Crippen LogP contribution in [0.5, 0.6) is 5.75 Å². The van der Waals surface area contributed by atoms with Gasteiger partial charge in [0.05, 0.1) is 13.2 Å². The maximum atomic E-state index is 5.40. The van der Waals surface area contributed by atoms with Gasteiger partial charge in [-0.05, 0) is 41.0 Å². The van der Waals surface area contributed by atoms with Crippen molar-refractivity contribution in [3.8, 4) is 5.75 Å². The van der Waals surface area contributed by atoms with E-state index in [1.54, 1.807) is 7.11 Å². The van der Waals surface area contributed by atoms with Crippen molar-refractivity contribution < 1.29 is 4.74 Å². The summed E-state index contributed by atoms with van der Waals surface area (Å²) in [6.07, 6.45) is 0. The largest absolute Gasteiger partial charge is 0.497 e. The average molecular weight is 346 g/mol. The number of benzene rings is 3. The van der Waals surface area contributed by atoms with Crippen molar-refractivity contribution >= 4 is 10.8 Å². The van der Waals surface area contributed by atoms with Gasteiger partial charge in [0, 0.05) is 25.7 Å². The lowest BCUT2D eigenvalue weighted by Crippen LogP contribution is -2.51. The quantitative estimate of drug-likeness (QED) is 0.758. The van der Waals surface area contributed by atoms with Crippen molar-refractivity contribution in [3.63, 3.8) is 0 Å². The Hall–Kier alpha value is -2.36. The Balaban J connectivity index is 1.71. The van der Waals surface area contributed by atoms with E-state index in [0.717, 1.165) is 25.4 Å². The first-order chi connectivity index (χ1) is 12.8. The molecule has 0 saturated carbocycles. The van der Waals surface area contributed by atoms with E-state index in [0.29, 0.717) is 12.1 Å². The van der Waals surface area contributed by atoms with Gasteiger partial charge in [-0.2, -0.15) is 0 Å². The van der Waals surface area contributed by atoms with Crippen molar-refractivity contribution in [1.82, 2.24) is 10.2 Å². The standard InChI is InChI=1S/C23H26N2O/c1-17-23(22-12-6-9-19-8-3-4-11-21(19)22)25(14-13-24-17)16-18-7-5-10-20(15-18)26-2/h3-12,15,17,23-24H,13-14,16H2,1-2H3. The Kier molecular flexibility index (Phi) is 4.91. The van der Waals surface area contributed by atoms with Gasteiger partial charge in [0.15, 0.2) is 0 Å². The van der Waals surface area contributed by atoms with Crippen LogP contribution in [0.1, 0.15) is 24.1 Å². The first-order valence-corrected chi connectivity index (χ1v) is 9.34. The van der Waals surface area contributed by atoms with Crippen molar-refractivity contribution in [2.24, 2.45) is 0 Å². The minimum atomic E-state index is 0.348. The second kappa shape index (κ2) is 7.48. The predicted molar refractivity (Wildman–Crippen MR) is 108 cm³/mol. The maximum absolute atomic E-state index is 5.40. The van der Waals surface area contributed by atoms with Crippen molar-refractivity contribution in [2.45, 2.75) is 25.6 Å². The fraction of sp³-hybridized carbons (Fsp3) is 0.304. The van der Waals surface area contributed by atoms with Gasteiger partial charge >= 0.3 is 0 Å². The number of nitrogens with zero attached hydrogens (tertiary/aromatic N) is 1. The van der Waals surface area contributed by atoms with E-state index in [-0.39, 0.29) is 0 Å². The summed E-state index contributed by atoms with van der Waals surface area (Å²) in [5, 5.41) is 6.33. The summed E-state index contributed by atoms with van der Waals surface area (Å²) in [4.78, 5) is 2.59. The third-order valence-electron chi connectivity index (χ3n) is 5.39. The lowest BCUT2D eigenvalue weighted by atomic mass is 9.91. The lowest BCUT2D eigenvalue weighted by molar-refractivity contribution is 0.119. The van der Waals surface area contributed by atoms with Crippen LogP contribution in [0.25, 0.3) is 10.8 Å². The molecule has 1 heterocycles. The minimum absolute atomic E-state index is 0.348. The predicted octanol–water partition coefficient (Wildman–Crippen LogP) is 4.38. The van der Waals surface area contributed by atoms with Crippen molar-refractivity contribution in [1.29, 1.82) is 0 Å². The molecule has 2 unspecified atom stereocenters. The molecule has 1 aliphatic heterocycles. The molecule has 3 aromatic rings. The van der Waals surface area contributed by atoms with Gasteiger partial charge in [-0.1, -0.05) is 54.6 Å². The van der Waals surface area contributed by atoms with Crippen LogP contribution in [0.15, 0.2) is 66.7 Å². The highest BCUT2D eigenvalue weighted by atomic mass is 16.5. The molecule has 1 N–H and O–H groups in total. The molecule has 26 heavy (non-hydrogen) atoms. The summed E-state index contributed by atoms with van der Waals surface area (Å²) in [6.45, 7) is 5.28. The number of ether oxygens (including phenoxy) is 1. The second-order valence-corrected chi connectivity index (χ2v) is 7.08. The first-order valence-electron chi connectivity index (χ1n) is 9.34. The zero-order chi connectivity index (χ0) is 17.9. The van der Waals surface area contributed by atoms with Gasteiger partial charge in [-0.25, -0.2) is 0 Å². The van der Waals surface area contributed by atoms with Gasteiger partial charge in [-0.3, -0.25) is 4.90 Å². The average Bonchev–Trinajstić information content (AvgIpc) is 2.68. The molecule has 1 saturated heterocycles.